The predicted octanol–water partition coefficient (Wildman–Crippen LogP) is 2.36. The second kappa shape index (κ2) is 9.50. The Balaban J connectivity index is 2.50. The molecule has 3 N–H and O–H groups in total. The second-order valence-electron chi connectivity index (χ2n) is 4.87. The van der Waals surface area contributed by atoms with Crippen molar-refractivity contribution in [3.05, 3.63) is 35.4 Å². The van der Waals surface area contributed by atoms with Crippen LogP contribution in [0.1, 0.15) is 44.2 Å². The minimum absolute atomic E-state index is 0.0790. The minimum Gasteiger partial charge on any atom is -0.377 e. The maximum absolute atomic E-state index is 11.9. The third kappa shape index (κ3) is 5.72. The average molecular weight is 278 g/mol. The first-order valence-corrected chi connectivity index (χ1v) is 7.36. The Kier molecular flexibility index (Phi) is 7.92. The molecule has 0 unspecified atom stereocenters. The number of amides is 1. The first kappa shape index (κ1) is 16.7. The van der Waals surface area contributed by atoms with Gasteiger partial charge in [0, 0.05) is 13.2 Å². The highest BCUT2D eigenvalue weighted by Crippen LogP contribution is 2.10. The van der Waals surface area contributed by atoms with Crippen LogP contribution in [0.5, 0.6) is 0 Å². The lowest BCUT2D eigenvalue weighted by molar-refractivity contribution is -0.122. The van der Waals surface area contributed by atoms with E-state index in [1.54, 1.807) is 0 Å². The normalized spacial score (nSPS) is 12.2. The lowest BCUT2D eigenvalue weighted by Gasteiger charge is -2.14. The molecular weight excluding hydrogens is 252 g/mol. The topological polar surface area (TPSA) is 64.4 Å². The molecular formula is C16H26N2O2. The van der Waals surface area contributed by atoms with Gasteiger partial charge in [-0.05, 0) is 24.5 Å². The summed E-state index contributed by atoms with van der Waals surface area (Å²) < 4.78 is 5.43. The van der Waals surface area contributed by atoms with E-state index in [4.69, 9.17) is 10.5 Å². The Hall–Kier alpha value is -1.39. The fraction of sp³-hybridized carbons (Fsp3) is 0.562. The van der Waals surface area contributed by atoms with Gasteiger partial charge in [-0.3, -0.25) is 4.79 Å². The molecule has 0 radical (unpaired) electrons. The van der Waals surface area contributed by atoms with E-state index in [-0.39, 0.29) is 5.91 Å². The van der Waals surface area contributed by atoms with Crippen LogP contribution in [0.3, 0.4) is 0 Å². The average Bonchev–Trinajstić information content (AvgIpc) is 2.48. The zero-order valence-corrected chi connectivity index (χ0v) is 12.5. The molecule has 1 aromatic rings. The molecule has 1 aromatic carbocycles. The van der Waals surface area contributed by atoms with E-state index in [1.165, 1.54) is 0 Å². The predicted molar refractivity (Wildman–Crippen MR) is 81.1 cm³/mol. The van der Waals surface area contributed by atoms with Crippen LogP contribution in [0.15, 0.2) is 24.3 Å². The molecule has 0 saturated carbocycles. The molecule has 0 aliphatic carbocycles. The van der Waals surface area contributed by atoms with Crippen LogP contribution < -0.4 is 11.1 Å². The first-order chi connectivity index (χ1) is 9.69. The van der Waals surface area contributed by atoms with E-state index in [0.717, 1.165) is 30.4 Å². The van der Waals surface area contributed by atoms with Gasteiger partial charge in [0.25, 0.3) is 0 Å². The molecule has 0 bridgehead atoms. The Bertz CT molecular complexity index is 407. The molecule has 4 nitrogen and oxygen atoms in total. The molecule has 1 amide bonds. The highest BCUT2D eigenvalue weighted by Gasteiger charge is 2.12. The van der Waals surface area contributed by atoms with Gasteiger partial charge in [0.05, 0.1) is 12.6 Å². The third-order valence-corrected chi connectivity index (χ3v) is 3.24. The third-order valence-electron chi connectivity index (χ3n) is 3.24. The zero-order valence-electron chi connectivity index (χ0n) is 12.5. The molecule has 0 aliphatic rings. The van der Waals surface area contributed by atoms with Crippen molar-refractivity contribution >= 4 is 5.91 Å². The lowest BCUT2D eigenvalue weighted by Crippen LogP contribution is -2.40. The fourth-order valence-electron chi connectivity index (χ4n) is 1.95. The van der Waals surface area contributed by atoms with Crippen LogP contribution in [0, 0.1) is 0 Å². The molecule has 1 atom stereocenters. The van der Waals surface area contributed by atoms with Crippen molar-refractivity contribution < 1.29 is 9.53 Å². The fourth-order valence-corrected chi connectivity index (χ4v) is 1.95. The van der Waals surface area contributed by atoms with Gasteiger partial charge in [-0.1, -0.05) is 44.0 Å². The summed E-state index contributed by atoms with van der Waals surface area (Å²) in [6, 6.07) is 7.56. The van der Waals surface area contributed by atoms with Crippen LogP contribution in [0.25, 0.3) is 0 Å². The van der Waals surface area contributed by atoms with E-state index >= 15 is 0 Å². The first-order valence-electron chi connectivity index (χ1n) is 7.36. The number of benzene rings is 1. The quantitative estimate of drug-likeness (QED) is 0.729. The Morgan fingerprint density at radius 2 is 2.00 bits per heavy atom. The SMILES string of the molecule is CCCC[C@H](N)C(=O)NCc1ccccc1COCC. The molecule has 1 rings (SSSR count). The van der Waals surface area contributed by atoms with E-state index in [2.05, 4.69) is 12.2 Å². The van der Waals surface area contributed by atoms with Crippen molar-refractivity contribution in [2.75, 3.05) is 6.61 Å². The molecule has 20 heavy (non-hydrogen) atoms. The molecule has 0 heterocycles. The number of rotatable bonds is 9. The number of carbonyl (C=O) groups excluding carboxylic acids is 1. The van der Waals surface area contributed by atoms with Gasteiger partial charge < -0.3 is 15.8 Å². The second-order valence-corrected chi connectivity index (χ2v) is 4.87. The van der Waals surface area contributed by atoms with Gasteiger partial charge in [0.15, 0.2) is 0 Å². The standard InChI is InChI=1S/C16H26N2O2/c1-3-5-10-15(17)16(19)18-11-13-8-6-7-9-14(13)12-20-4-2/h6-9,15H,3-5,10-12,17H2,1-2H3,(H,18,19)/t15-/m0/s1. The highest BCUT2D eigenvalue weighted by atomic mass is 16.5. The van der Waals surface area contributed by atoms with E-state index < -0.39 is 6.04 Å². The van der Waals surface area contributed by atoms with Crippen molar-refractivity contribution in [3.63, 3.8) is 0 Å². The molecule has 4 heteroatoms. The molecule has 0 saturated heterocycles. The molecule has 0 spiro atoms. The summed E-state index contributed by atoms with van der Waals surface area (Å²) >= 11 is 0. The van der Waals surface area contributed by atoms with E-state index in [9.17, 15) is 4.79 Å². The van der Waals surface area contributed by atoms with Crippen LogP contribution in [-0.4, -0.2) is 18.6 Å². The summed E-state index contributed by atoms with van der Waals surface area (Å²) in [6.07, 6.45) is 2.77. The van der Waals surface area contributed by atoms with Gasteiger partial charge in [0.1, 0.15) is 0 Å². The molecule has 0 aliphatic heterocycles. The van der Waals surface area contributed by atoms with Crippen LogP contribution >= 0.6 is 0 Å². The van der Waals surface area contributed by atoms with E-state index in [0.29, 0.717) is 19.8 Å². The molecule has 112 valence electrons. The lowest BCUT2D eigenvalue weighted by atomic mass is 10.1. The summed E-state index contributed by atoms with van der Waals surface area (Å²) in [5.41, 5.74) is 8.04. The number of ether oxygens (including phenoxy) is 1. The number of unbranched alkanes of at least 4 members (excludes halogenated alkanes) is 1. The smallest absolute Gasteiger partial charge is 0.237 e. The zero-order chi connectivity index (χ0) is 14.8. The molecule has 0 aromatic heterocycles. The molecule has 0 fully saturated rings. The maximum Gasteiger partial charge on any atom is 0.237 e. The summed E-state index contributed by atoms with van der Waals surface area (Å²) in [6.45, 7) is 5.82. The Morgan fingerprint density at radius 1 is 1.30 bits per heavy atom. The highest BCUT2D eigenvalue weighted by molar-refractivity contribution is 5.81. The number of hydrogen-bond donors (Lipinski definition) is 2. The number of hydrogen-bond acceptors (Lipinski definition) is 3. The van der Waals surface area contributed by atoms with Crippen LogP contribution in [0.4, 0.5) is 0 Å². The maximum atomic E-state index is 11.9. The monoisotopic (exact) mass is 278 g/mol. The Labute approximate surface area is 121 Å². The summed E-state index contributed by atoms with van der Waals surface area (Å²) in [5.74, 6) is -0.0790. The Morgan fingerprint density at radius 3 is 2.65 bits per heavy atom. The van der Waals surface area contributed by atoms with Gasteiger partial charge in [-0.15, -0.1) is 0 Å². The van der Waals surface area contributed by atoms with E-state index in [1.807, 2.05) is 31.2 Å². The number of carbonyl (C=O) groups is 1. The summed E-state index contributed by atoms with van der Waals surface area (Å²) in [4.78, 5) is 11.9. The van der Waals surface area contributed by atoms with Crippen molar-refractivity contribution in [3.8, 4) is 0 Å². The van der Waals surface area contributed by atoms with Gasteiger partial charge >= 0.3 is 0 Å². The van der Waals surface area contributed by atoms with Gasteiger partial charge in [0.2, 0.25) is 5.91 Å². The summed E-state index contributed by atoms with van der Waals surface area (Å²) in [7, 11) is 0. The van der Waals surface area contributed by atoms with Crippen LogP contribution in [0.2, 0.25) is 0 Å². The van der Waals surface area contributed by atoms with Crippen molar-refractivity contribution in [2.24, 2.45) is 5.73 Å². The van der Waals surface area contributed by atoms with Gasteiger partial charge in [-0.25, -0.2) is 0 Å². The number of nitrogens with two attached hydrogens (primary N) is 1. The van der Waals surface area contributed by atoms with Gasteiger partial charge in [-0.2, -0.15) is 0 Å². The van der Waals surface area contributed by atoms with Crippen molar-refractivity contribution in [1.29, 1.82) is 0 Å². The summed E-state index contributed by atoms with van der Waals surface area (Å²) in [5, 5.41) is 2.90. The largest absolute Gasteiger partial charge is 0.377 e. The van der Waals surface area contributed by atoms with Crippen molar-refractivity contribution in [2.45, 2.75) is 52.3 Å². The number of nitrogens with one attached hydrogen (secondary N) is 1. The minimum atomic E-state index is -0.408. The van der Waals surface area contributed by atoms with Crippen molar-refractivity contribution in [1.82, 2.24) is 5.32 Å². The van der Waals surface area contributed by atoms with Crippen LogP contribution in [-0.2, 0) is 22.7 Å².